The van der Waals surface area contributed by atoms with Crippen LogP contribution < -0.4 is 10.2 Å². The van der Waals surface area contributed by atoms with Gasteiger partial charge in [0.1, 0.15) is 5.75 Å². The van der Waals surface area contributed by atoms with Gasteiger partial charge in [0, 0.05) is 20.5 Å². The van der Waals surface area contributed by atoms with Crippen molar-refractivity contribution in [1.82, 2.24) is 4.98 Å². The zero-order valence-corrected chi connectivity index (χ0v) is 15.7. The molecular formula is C18H16BrN3OS. The fourth-order valence-corrected chi connectivity index (χ4v) is 3.44. The number of anilines is 1. The first-order valence-electron chi connectivity index (χ1n) is 7.33. The second-order valence-corrected chi connectivity index (χ2v) is 7.16. The summed E-state index contributed by atoms with van der Waals surface area (Å²) in [7, 11) is 1.64. The van der Waals surface area contributed by atoms with Gasteiger partial charge in [0.25, 0.3) is 0 Å². The monoisotopic (exact) mass is 401 g/mol. The van der Waals surface area contributed by atoms with Crippen LogP contribution >= 0.6 is 27.3 Å². The van der Waals surface area contributed by atoms with Crippen LogP contribution in [0, 0.1) is 6.92 Å². The number of hydrogen-bond donors (Lipinski definition) is 1. The summed E-state index contributed by atoms with van der Waals surface area (Å²) in [5, 5.41) is 5.04. The van der Waals surface area contributed by atoms with Crippen molar-refractivity contribution in [2.75, 3.05) is 12.5 Å². The molecule has 2 aromatic carbocycles. The highest BCUT2D eigenvalue weighted by Crippen LogP contribution is 2.30. The summed E-state index contributed by atoms with van der Waals surface area (Å²) in [6, 6.07) is 15.9. The molecule has 4 nitrogen and oxygen atoms in total. The van der Waals surface area contributed by atoms with E-state index in [0.717, 1.165) is 37.1 Å². The maximum absolute atomic E-state index is 5.33. The molecule has 1 aromatic heterocycles. The van der Waals surface area contributed by atoms with Crippen molar-refractivity contribution in [2.45, 2.75) is 6.92 Å². The minimum Gasteiger partial charge on any atom is -0.496 e. The zero-order valence-electron chi connectivity index (χ0n) is 13.3. The Balaban J connectivity index is 1.77. The molecule has 0 spiro atoms. The number of hydrazone groups is 1. The van der Waals surface area contributed by atoms with Crippen molar-refractivity contribution >= 4 is 38.6 Å². The second kappa shape index (κ2) is 7.59. The van der Waals surface area contributed by atoms with Gasteiger partial charge in [0.15, 0.2) is 0 Å². The highest BCUT2D eigenvalue weighted by Gasteiger charge is 2.09. The molecule has 1 N–H and O–H groups in total. The van der Waals surface area contributed by atoms with E-state index in [1.807, 2.05) is 36.4 Å². The van der Waals surface area contributed by atoms with E-state index < -0.39 is 0 Å². The third kappa shape index (κ3) is 3.83. The zero-order chi connectivity index (χ0) is 16.9. The number of hydrogen-bond acceptors (Lipinski definition) is 5. The summed E-state index contributed by atoms with van der Waals surface area (Å²) in [4.78, 5) is 5.78. The average molecular weight is 402 g/mol. The van der Waals surface area contributed by atoms with Crippen LogP contribution in [0.15, 0.2) is 58.1 Å². The van der Waals surface area contributed by atoms with E-state index in [-0.39, 0.29) is 0 Å². The first kappa shape index (κ1) is 16.7. The Kier molecular flexibility index (Phi) is 5.27. The smallest absolute Gasteiger partial charge is 0.204 e. The molecular weight excluding hydrogens is 386 g/mol. The Morgan fingerprint density at radius 1 is 1.21 bits per heavy atom. The number of nitrogens with one attached hydrogen (secondary N) is 1. The quantitative estimate of drug-likeness (QED) is 0.463. The first-order valence-corrected chi connectivity index (χ1v) is 8.94. The van der Waals surface area contributed by atoms with Gasteiger partial charge >= 0.3 is 0 Å². The molecule has 3 rings (SSSR count). The van der Waals surface area contributed by atoms with Gasteiger partial charge in [-0.1, -0.05) is 46.3 Å². The lowest BCUT2D eigenvalue weighted by Gasteiger charge is -2.04. The van der Waals surface area contributed by atoms with E-state index in [1.165, 1.54) is 0 Å². The summed E-state index contributed by atoms with van der Waals surface area (Å²) >= 11 is 5.03. The molecule has 0 fully saturated rings. The van der Waals surface area contributed by atoms with Crippen molar-refractivity contribution in [1.29, 1.82) is 0 Å². The van der Waals surface area contributed by atoms with E-state index >= 15 is 0 Å². The second-order valence-electron chi connectivity index (χ2n) is 5.05. The van der Waals surface area contributed by atoms with E-state index in [0.29, 0.717) is 0 Å². The van der Waals surface area contributed by atoms with Crippen molar-refractivity contribution in [2.24, 2.45) is 5.10 Å². The van der Waals surface area contributed by atoms with Gasteiger partial charge in [-0.15, -0.1) is 11.3 Å². The summed E-state index contributed by atoms with van der Waals surface area (Å²) in [6.45, 7) is 2.06. The first-order chi connectivity index (χ1) is 11.7. The molecule has 0 aliphatic rings. The summed E-state index contributed by atoms with van der Waals surface area (Å²) in [6.07, 6.45) is 1.72. The molecule has 0 aliphatic heterocycles. The lowest BCUT2D eigenvalue weighted by molar-refractivity contribution is 0.414. The number of rotatable bonds is 5. The number of ether oxygens (including phenoxy) is 1. The minimum absolute atomic E-state index is 0.761. The van der Waals surface area contributed by atoms with Crippen molar-refractivity contribution in [3.05, 3.63) is 63.4 Å². The van der Waals surface area contributed by atoms with E-state index in [4.69, 9.17) is 4.74 Å². The third-order valence-electron chi connectivity index (χ3n) is 3.40. The maximum atomic E-state index is 5.33. The lowest BCUT2D eigenvalue weighted by atomic mass is 10.1. The Morgan fingerprint density at radius 3 is 2.75 bits per heavy atom. The van der Waals surface area contributed by atoms with Gasteiger partial charge < -0.3 is 4.74 Å². The molecule has 0 amide bonds. The molecule has 0 bridgehead atoms. The minimum atomic E-state index is 0.761. The van der Waals surface area contributed by atoms with E-state index in [1.54, 1.807) is 24.7 Å². The van der Waals surface area contributed by atoms with Gasteiger partial charge in [-0.25, -0.2) is 4.98 Å². The van der Waals surface area contributed by atoms with Gasteiger partial charge in [-0.3, -0.25) is 5.43 Å². The Hall–Kier alpha value is -2.18. The maximum Gasteiger partial charge on any atom is 0.204 e. The van der Waals surface area contributed by atoms with Gasteiger partial charge in [-0.2, -0.15) is 5.10 Å². The third-order valence-corrected chi connectivity index (χ3v) is 4.77. The number of methoxy groups -OCH3 is 1. The topological polar surface area (TPSA) is 46.5 Å². The highest BCUT2D eigenvalue weighted by molar-refractivity contribution is 9.10. The molecule has 122 valence electrons. The van der Waals surface area contributed by atoms with Crippen LogP contribution in [-0.4, -0.2) is 18.3 Å². The molecule has 0 unspecified atom stereocenters. The van der Waals surface area contributed by atoms with Crippen LogP contribution in [0.1, 0.15) is 10.4 Å². The van der Waals surface area contributed by atoms with Crippen LogP contribution in [0.5, 0.6) is 5.75 Å². The average Bonchev–Trinajstić information content (AvgIpc) is 2.97. The Bertz CT molecular complexity index is 862. The number of benzene rings is 2. The number of halogens is 1. The van der Waals surface area contributed by atoms with Gasteiger partial charge in [-0.05, 0) is 25.1 Å². The highest BCUT2D eigenvalue weighted by atomic mass is 79.9. The summed E-state index contributed by atoms with van der Waals surface area (Å²) < 4.78 is 6.30. The summed E-state index contributed by atoms with van der Waals surface area (Å²) in [5.74, 6) is 0.768. The van der Waals surface area contributed by atoms with Crippen molar-refractivity contribution < 1.29 is 4.74 Å². The predicted molar refractivity (Wildman–Crippen MR) is 104 cm³/mol. The van der Waals surface area contributed by atoms with Crippen LogP contribution in [0.4, 0.5) is 5.13 Å². The normalized spacial score (nSPS) is 11.0. The molecule has 0 saturated carbocycles. The molecule has 0 atom stereocenters. The molecule has 0 saturated heterocycles. The number of aryl methyl sites for hydroxylation is 1. The van der Waals surface area contributed by atoms with E-state index in [9.17, 15) is 0 Å². The SMILES string of the molecule is COc1ccc(Br)cc1/C=N\Nc1nc(-c2ccccc2)c(C)s1. The predicted octanol–water partition coefficient (Wildman–Crippen LogP) is 5.34. The van der Waals surface area contributed by atoms with Gasteiger partial charge in [0.2, 0.25) is 5.13 Å². The number of nitrogens with zero attached hydrogens (tertiary/aromatic N) is 2. The molecule has 0 radical (unpaired) electrons. The van der Waals surface area contributed by atoms with Crippen LogP contribution in [-0.2, 0) is 0 Å². The molecule has 24 heavy (non-hydrogen) atoms. The fraction of sp³-hybridized carbons (Fsp3) is 0.111. The number of thiazole rings is 1. The Labute approximate surface area is 153 Å². The standard InChI is InChI=1S/C18H16BrN3OS/c1-12-17(13-6-4-3-5-7-13)21-18(24-12)22-20-11-14-10-15(19)8-9-16(14)23-2/h3-11H,1-2H3,(H,21,22)/b20-11-. The summed E-state index contributed by atoms with van der Waals surface area (Å²) in [5.41, 5.74) is 5.98. The van der Waals surface area contributed by atoms with E-state index in [2.05, 4.69) is 50.5 Å². The lowest BCUT2D eigenvalue weighted by Crippen LogP contribution is -1.94. The van der Waals surface area contributed by atoms with Crippen molar-refractivity contribution in [3.63, 3.8) is 0 Å². The molecule has 6 heteroatoms. The van der Waals surface area contributed by atoms with Crippen molar-refractivity contribution in [3.8, 4) is 17.0 Å². The molecule has 1 heterocycles. The van der Waals surface area contributed by atoms with Crippen LogP contribution in [0.25, 0.3) is 11.3 Å². The fourth-order valence-electron chi connectivity index (χ4n) is 2.27. The number of aromatic nitrogens is 1. The molecule has 3 aromatic rings. The van der Waals surface area contributed by atoms with Gasteiger partial charge in [0.05, 0.1) is 19.0 Å². The largest absolute Gasteiger partial charge is 0.496 e. The van der Waals surface area contributed by atoms with Crippen LogP contribution in [0.2, 0.25) is 0 Å². The molecule has 0 aliphatic carbocycles. The Morgan fingerprint density at radius 2 is 2.00 bits per heavy atom. The van der Waals surface area contributed by atoms with Crippen LogP contribution in [0.3, 0.4) is 0 Å².